The summed E-state index contributed by atoms with van der Waals surface area (Å²) >= 11 is 0. The zero-order chi connectivity index (χ0) is 18.1. The van der Waals surface area contributed by atoms with Crippen molar-refractivity contribution < 1.29 is 14.3 Å². The van der Waals surface area contributed by atoms with Crippen LogP contribution in [0.25, 0.3) is 0 Å². The summed E-state index contributed by atoms with van der Waals surface area (Å²) in [4.78, 5) is 12.3. The van der Waals surface area contributed by atoms with Gasteiger partial charge in [0.1, 0.15) is 6.04 Å². The fourth-order valence-electron chi connectivity index (χ4n) is 2.27. The van der Waals surface area contributed by atoms with Gasteiger partial charge in [0.25, 0.3) is 5.91 Å². The molecule has 6 heteroatoms. The number of nitrogens with one attached hydrogen (secondary N) is 2. The van der Waals surface area contributed by atoms with Crippen molar-refractivity contribution in [3.05, 3.63) is 54.1 Å². The normalized spacial score (nSPS) is 11.8. The third kappa shape index (κ3) is 5.24. The van der Waals surface area contributed by atoms with E-state index < -0.39 is 0 Å². The highest BCUT2D eigenvalue weighted by Gasteiger charge is 2.15. The maximum Gasteiger partial charge on any atom is 0.262 e. The number of nitrogens with zero attached hydrogens (tertiary/aromatic N) is 1. The summed E-state index contributed by atoms with van der Waals surface area (Å²) in [6, 6.07) is 14.7. The van der Waals surface area contributed by atoms with E-state index in [0.29, 0.717) is 17.9 Å². The molecule has 2 aromatic rings. The van der Waals surface area contributed by atoms with Crippen LogP contribution in [-0.4, -0.2) is 32.4 Å². The standard InChI is InChI=1S/C19H23N3O3/c1-4-16(21-15-8-6-5-7-9-15)19(23)22-20-13-14-10-11-17(24-2)18(12-14)25-3/h5-13,16,21H,4H2,1-3H3,(H,22,23)/t16-/m1/s1. The SMILES string of the molecule is CC[C@@H](Nc1ccccc1)C(=O)NN=Cc1ccc(OC)c(OC)c1. The van der Waals surface area contributed by atoms with E-state index in [-0.39, 0.29) is 11.9 Å². The second-order valence-electron chi connectivity index (χ2n) is 5.32. The highest BCUT2D eigenvalue weighted by molar-refractivity contribution is 5.87. The van der Waals surface area contributed by atoms with E-state index in [2.05, 4.69) is 15.8 Å². The molecule has 0 spiro atoms. The molecule has 0 heterocycles. The first kappa shape index (κ1) is 18.3. The molecular formula is C19H23N3O3. The van der Waals surface area contributed by atoms with Crippen molar-refractivity contribution in [2.75, 3.05) is 19.5 Å². The molecule has 25 heavy (non-hydrogen) atoms. The molecule has 6 nitrogen and oxygen atoms in total. The van der Waals surface area contributed by atoms with Crippen LogP contribution in [0.15, 0.2) is 53.6 Å². The van der Waals surface area contributed by atoms with Gasteiger partial charge in [-0.25, -0.2) is 5.43 Å². The number of amides is 1. The summed E-state index contributed by atoms with van der Waals surface area (Å²) in [5, 5.41) is 7.21. The van der Waals surface area contributed by atoms with Crippen molar-refractivity contribution in [2.45, 2.75) is 19.4 Å². The minimum atomic E-state index is -0.357. The van der Waals surface area contributed by atoms with Gasteiger partial charge < -0.3 is 14.8 Å². The molecule has 0 bridgehead atoms. The first-order valence-electron chi connectivity index (χ1n) is 8.04. The Labute approximate surface area is 147 Å². The van der Waals surface area contributed by atoms with Gasteiger partial charge in [0.05, 0.1) is 20.4 Å². The van der Waals surface area contributed by atoms with Crippen molar-refractivity contribution in [1.82, 2.24) is 5.43 Å². The first-order valence-corrected chi connectivity index (χ1v) is 8.04. The molecule has 1 amide bonds. The molecule has 0 radical (unpaired) electrons. The summed E-state index contributed by atoms with van der Waals surface area (Å²) < 4.78 is 10.4. The van der Waals surface area contributed by atoms with Crippen LogP contribution in [0.1, 0.15) is 18.9 Å². The van der Waals surface area contributed by atoms with Gasteiger partial charge in [-0.1, -0.05) is 25.1 Å². The third-order valence-corrected chi connectivity index (χ3v) is 3.64. The van der Waals surface area contributed by atoms with E-state index in [1.165, 1.54) is 0 Å². The number of para-hydroxylation sites is 1. The maximum absolute atomic E-state index is 12.3. The van der Waals surface area contributed by atoms with Crippen LogP contribution in [-0.2, 0) is 4.79 Å². The molecule has 132 valence electrons. The Kier molecular flexibility index (Phi) is 6.83. The number of ether oxygens (including phenoxy) is 2. The molecule has 0 unspecified atom stereocenters. The Morgan fingerprint density at radius 3 is 2.48 bits per heavy atom. The number of benzene rings is 2. The van der Waals surface area contributed by atoms with Gasteiger partial charge in [-0.2, -0.15) is 5.10 Å². The van der Waals surface area contributed by atoms with Crippen molar-refractivity contribution >= 4 is 17.8 Å². The molecule has 0 aromatic heterocycles. The topological polar surface area (TPSA) is 72.0 Å². The minimum absolute atomic E-state index is 0.192. The third-order valence-electron chi connectivity index (χ3n) is 3.64. The first-order chi connectivity index (χ1) is 12.2. The highest BCUT2D eigenvalue weighted by Crippen LogP contribution is 2.26. The zero-order valence-electron chi connectivity index (χ0n) is 14.7. The lowest BCUT2D eigenvalue weighted by atomic mass is 10.2. The Balaban J connectivity index is 1.96. The number of anilines is 1. The molecule has 2 aromatic carbocycles. The van der Waals surface area contributed by atoms with Gasteiger partial charge in [0, 0.05) is 5.69 Å². The second-order valence-corrected chi connectivity index (χ2v) is 5.32. The van der Waals surface area contributed by atoms with Gasteiger partial charge in [0.15, 0.2) is 11.5 Å². The smallest absolute Gasteiger partial charge is 0.262 e. The van der Waals surface area contributed by atoms with Gasteiger partial charge in [-0.05, 0) is 42.3 Å². The molecule has 1 atom stereocenters. The number of hydrogen-bond acceptors (Lipinski definition) is 5. The Bertz CT molecular complexity index is 717. The summed E-state index contributed by atoms with van der Waals surface area (Å²) in [5.41, 5.74) is 4.25. The van der Waals surface area contributed by atoms with Crippen molar-refractivity contribution in [1.29, 1.82) is 0 Å². The molecule has 2 rings (SSSR count). The monoisotopic (exact) mass is 341 g/mol. The van der Waals surface area contributed by atoms with Crippen LogP contribution < -0.4 is 20.2 Å². The highest BCUT2D eigenvalue weighted by atomic mass is 16.5. The summed E-state index contributed by atoms with van der Waals surface area (Å²) in [6.45, 7) is 1.94. The summed E-state index contributed by atoms with van der Waals surface area (Å²) in [6.07, 6.45) is 2.21. The average Bonchev–Trinajstić information content (AvgIpc) is 2.66. The quantitative estimate of drug-likeness (QED) is 0.572. The van der Waals surface area contributed by atoms with E-state index in [1.54, 1.807) is 32.6 Å². The molecule has 0 fully saturated rings. The van der Waals surface area contributed by atoms with Crippen LogP contribution >= 0.6 is 0 Å². The van der Waals surface area contributed by atoms with Crippen molar-refractivity contribution in [3.8, 4) is 11.5 Å². The Morgan fingerprint density at radius 1 is 1.12 bits per heavy atom. The van der Waals surface area contributed by atoms with Crippen LogP contribution in [0.5, 0.6) is 11.5 Å². The Morgan fingerprint density at radius 2 is 1.84 bits per heavy atom. The molecule has 0 aliphatic rings. The van der Waals surface area contributed by atoms with Gasteiger partial charge in [-0.15, -0.1) is 0 Å². The minimum Gasteiger partial charge on any atom is -0.493 e. The fraction of sp³-hybridized carbons (Fsp3) is 0.263. The molecule has 0 saturated carbocycles. The number of rotatable bonds is 8. The van der Waals surface area contributed by atoms with Crippen LogP contribution in [0.4, 0.5) is 5.69 Å². The summed E-state index contributed by atoms with van der Waals surface area (Å²) in [5.74, 6) is 1.06. The van der Waals surface area contributed by atoms with Crippen LogP contribution in [0.3, 0.4) is 0 Å². The maximum atomic E-state index is 12.3. The van der Waals surface area contributed by atoms with E-state index in [1.807, 2.05) is 43.3 Å². The van der Waals surface area contributed by atoms with Gasteiger partial charge in [-0.3, -0.25) is 4.79 Å². The lowest BCUT2D eigenvalue weighted by molar-refractivity contribution is -0.121. The number of carbonyl (C=O) groups is 1. The summed E-state index contributed by atoms with van der Waals surface area (Å²) in [7, 11) is 3.15. The number of methoxy groups -OCH3 is 2. The molecule has 2 N–H and O–H groups in total. The van der Waals surface area contributed by atoms with Crippen LogP contribution in [0, 0.1) is 0 Å². The molecular weight excluding hydrogens is 318 g/mol. The molecule has 0 aliphatic heterocycles. The zero-order valence-corrected chi connectivity index (χ0v) is 14.7. The van der Waals surface area contributed by atoms with E-state index in [0.717, 1.165) is 11.3 Å². The molecule has 0 saturated heterocycles. The fourth-order valence-corrected chi connectivity index (χ4v) is 2.27. The van der Waals surface area contributed by atoms with Crippen LogP contribution in [0.2, 0.25) is 0 Å². The van der Waals surface area contributed by atoms with E-state index >= 15 is 0 Å². The Hall–Kier alpha value is -3.02. The number of hydrazone groups is 1. The predicted molar refractivity (Wildman–Crippen MR) is 99.4 cm³/mol. The lowest BCUT2D eigenvalue weighted by Crippen LogP contribution is -2.36. The van der Waals surface area contributed by atoms with Gasteiger partial charge >= 0.3 is 0 Å². The van der Waals surface area contributed by atoms with Gasteiger partial charge in [0.2, 0.25) is 0 Å². The number of hydrogen-bond donors (Lipinski definition) is 2. The van der Waals surface area contributed by atoms with Crippen molar-refractivity contribution in [3.63, 3.8) is 0 Å². The number of carbonyl (C=O) groups excluding carboxylic acids is 1. The van der Waals surface area contributed by atoms with E-state index in [4.69, 9.17) is 9.47 Å². The molecule has 0 aliphatic carbocycles. The largest absolute Gasteiger partial charge is 0.493 e. The lowest BCUT2D eigenvalue weighted by Gasteiger charge is -2.16. The van der Waals surface area contributed by atoms with E-state index in [9.17, 15) is 4.79 Å². The second kappa shape index (κ2) is 9.32. The van der Waals surface area contributed by atoms with Crippen molar-refractivity contribution in [2.24, 2.45) is 5.10 Å². The predicted octanol–water partition coefficient (Wildman–Crippen LogP) is 3.04. The average molecular weight is 341 g/mol.